The Bertz CT molecular complexity index is 403. The van der Waals surface area contributed by atoms with Gasteiger partial charge in [0.2, 0.25) is 0 Å². The Morgan fingerprint density at radius 3 is 3.23 bits per heavy atom. The van der Waals surface area contributed by atoms with Gasteiger partial charge in [-0.2, -0.15) is 16.4 Å². The van der Waals surface area contributed by atoms with Crippen molar-refractivity contribution >= 4 is 11.3 Å². The molecular weight excluding hydrogens is 180 g/mol. The van der Waals surface area contributed by atoms with Crippen molar-refractivity contribution < 1.29 is 0 Å². The minimum absolute atomic E-state index is 0.656. The average Bonchev–Trinajstić information content (AvgIpc) is 2.75. The van der Waals surface area contributed by atoms with Gasteiger partial charge in [-0.25, -0.2) is 0 Å². The fourth-order valence-corrected chi connectivity index (χ4v) is 1.54. The lowest BCUT2D eigenvalue weighted by atomic mass is 10.3. The molecule has 0 N–H and O–H groups in total. The smallest absolute Gasteiger partial charge is 0.102 e. The predicted molar refractivity (Wildman–Crippen MR) is 53.4 cm³/mol. The number of thiophene rings is 1. The van der Waals surface area contributed by atoms with E-state index in [4.69, 9.17) is 0 Å². The summed E-state index contributed by atoms with van der Waals surface area (Å²) in [6.45, 7) is 0.656. The van der Waals surface area contributed by atoms with Crippen molar-refractivity contribution in [1.29, 1.82) is 0 Å². The summed E-state index contributed by atoms with van der Waals surface area (Å²) in [6.07, 6.45) is 3.66. The first-order chi connectivity index (χ1) is 6.45. The van der Waals surface area contributed by atoms with Crippen molar-refractivity contribution in [3.63, 3.8) is 0 Å². The molecule has 0 bridgehead atoms. The highest BCUT2D eigenvalue weighted by Crippen LogP contribution is 2.02. The minimum Gasteiger partial charge on any atom is -0.261 e. The molecule has 2 rings (SSSR count). The first kappa shape index (κ1) is 8.09. The van der Waals surface area contributed by atoms with E-state index >= 15 is 0 Å². The molecule has 0 aliphatic heterocycles. The molecule has 0 fully saturated rings. The van der Waals surface area contributed by atoms with Crippen LogP contribution in [-0.2, 0) is 6.54 Å². The van der Waals surface area contributed by atoms with Gasteiger partial charge in [0.25, 0.3) is 0 Å². The van der Waals surface area contributed by atoms with E-state index in [1.54, 1.807) is 22.2 Å². The molecule has 64 valence electrons. The van der Waals surface area contributed by atoms with Crippen LogP contribution in [0.5, 0.6) is 0 Å². The standard InChI is InChI=1S/C10H8N2S/c1(3-10-4-8-13-9-10)6-12-7-2-5-11-12/h2,4-5,7-9H,6H2. The van der Waals surface area contributed by atoms with Gasteiger partial charge in [0.15, 0.2) is 0 Å². The second kappa shape index (κ2) is 3.92. The van der Waals surface area contributed by atoms with Crippen molar-refractivity contribution in [1.82, 2.24) is 9.78 Å². The van der Waals surface area contributed by atoms with Crippen LogP contribution in [0.1, 0.15) is 5.56 Å². The Hall–Kier alpha value is -1.53. The summed E-state index contributed by atoms with van der Waals surface area (Å²) in [4.78, 5) is 0. The molecule has 0 unspecified atom stereocenters. The van der Waals surface area contributed by atoms with Crippen LogP contribution in [0.4, 0.5) is 0 Å². The minimum atomic E-state index is 0.656. The molecule has 0 spiro atoms. The van der Waals surface area contributed by atoms with E-state index in [9.17, 15) is 0 Å². The van der Waals surface area contributed by atoms with Crippen molar-refractivity contribution in [3.05, 3.63) is 40.8 Å². The lowest BCUT2D eigenvalue weighted by Gasteiger charge is -1.89. The zero-order chi connectivity index (χ0) is 8.93. The summed E-state index contributed by atoms with van der Waals surface area (Å²) in [5.74, 6) is 6.11. The SMILES string of the molecule is C(#Cc1ccsc1)Cn1cccn1. The van der Waals surface area contributed by atoms with Crippen LogP contribution >= 0.6 is 11.3 Å². The van der Waals surface area contributed by atoms with E-state index in [0.29, 0.717) is 6.54 Å². The molecule has 3 heteroatoms. The Kier molecular flexibility index (Phi) is 2.44. The zero-order valence-corrected chi connectivity index (χ0v) is 7.79. The molecule has 2 aromatic heterocycles. The van der Waals surface area contributed by atoms with Crippen molar-refractivity contribution in [2.24, 2.45) is 0 Å². The molecule has 2 nitrogen and oxygen atoms in total. The molecule has 0 saturated carbocycles. The van der Waals surface area contributed by atoms with E-state index in [-0.39, 0.29) is 0 Å². The van der Waals surface area contributed by atoms with Gasteiger partial charge in [0.1, 0.15) is 6.54 Å². The van der Waals surface area contributed by atoms with Crippen LogP contribution in [0.2, 0.25) is 0 Å². The van der Waals surface area contributed by atoms with Crippen LogP contribution < -0.4 is 0 Å². The summed E-state index contributed by atoms with van der Waals surface area (Å²) in [6, 6.07) is 3.91. The largest absolute Gasteiger partial charge is 0.261 e. The number of hydrogen-bond acceptors (Lipinski definition) is 2. The number of rotatable bonds is 1. The van der Waals surface area contributed by atoms with Crippen molar-refractivity contribution in [2.75, 3.05) is 0 Å². The summed E-state index contributed by atoms with van der Waals surface area (Å²) in [7, 11) is 0. The van der Waals surface area contributed by atoms with E-state index in [1.165, 1.54) is 0 Å². The van der Waals surface area contributed by atoms with Crippen LogP contribution in [0.3, 0.4) is 0 Å². The second-order valence-electron chi connectivity index (χ2n) is 2.52. The van der Waals surface area contributed by atoms with Gasteiger partial charge < -0.3 is 0 Å². The molecule has 0 atom stereocenters. The molecule has 2 heterocycles. The number of aromatic nitrogens is 2. The molecule has 0 aromatic carbocycles. The number of nitrogens with zero attached hydrogens (tertiary/aromatic N) is 2. The average molecular weight is 188 g/mol. The summed E-state index contributed by atoms with van der Waals surface area (Å²) in [5, 5.41) is 8.12. The molecule has 2 aromatic rings. The second-order valence-corrected chi connectivity index (χ2v) is 3.30. The van der Waals surface area contributed by atoms with Gasteiger partial charge >= 0.3 is 0 Å². The van der Waals surface area contributed by atoms with Crippen LogP contribution in [0.25, 0.3) is 0 Å². The highest BCUT2D eigenvalue weighted by atomic mass is 32.1. The summed E-state index contributed by atoms with van der Waals surface area (Å²) < 4.78 is 1.80. The third-order valence-corrected chi connectivity index (χ3v) is 2.24. The maximum atomic E-state index is 4.05. The van der Waals surface area contributed by atoms with E-state index in [1.807, 2.05) is 29.1 Å². The topological polar surface area (TPSA) is 17.8 Å². The van der Waals surface area contributed by atoms with Gasteiger partial charge in [-0.1, -0.05) is 11.8 Å². The van der Waals surface area contributed by atoms with Gasteiger partial charge in [-0.15, -0.1) is 0 Å². The van der Waals surface area contributed by atoms with E-state index in [2.05, 4.69) is 16.9 Å². The molecule has 0 aliphatic carbocycles. The molecule has 0 aliphatic rings. The third kappa shape index (κ3) is 2.20. The lowest BCUT2D eigenvalue weighted by molar-refractivity contribution is 0.715. The Balaban J connectivity index is 1.99. The highest BCUT2D eigenvalue weighted by molar-refractivity contribution is 7.08. The Morgan fingerprint density at radius 1 is 1.54 bits per heavy atom. The van der Waals surface area contributed by atoms with Gasteiger partial charge in [0.05, 0.1) is 0 Å². The molecule has 0 radical (unpaired) electrons. The monoisotopic (exact) mass is 188 g/mol. The van der Waals surface area contributed by atoms with Gasteiger partial charge in [-0.05, 0) is 17.5 Å². The van der Waals surface area contributed by atoms with Gasteiger partial charge in [-0.3, -0.25) is 4.68 Å². The molecular formula is C10H8N2S. The Labute approximate surface area is 80.8 Å². The maximum Gasteiger partial charge on any atom is 0.102 e. The maximum absolute atomic E-state index is 4.05. The fourth-order valence-electron chi connectivity index (χ4n) is 0.952. The van der Waals surface area contributed by atoms with Crippen molar-refractivity contribution in [3.8, 4) is 11.8 Å². The fraction of sp³-hybridized carbons (Fsp3) is 0.100. The molecule has 0 saturated heterocycles. The summed E-state index contributed by atoms with van der Waals surface area (Å²) >= 11 is 1.66. The predicted octanol–water partition coefficient (Wildman–Crippen LogP) is 2.00. The van der Waals surface area contributed by atoms with Crippen molar-refractivity contribution in [2.45, 2.75) is 6.54 Å². The quantitative estimate of drug-likeness (QED) is 0.626. The first-order valence-electron chi connectivity index (χ1n) is 3.93. The number of hydrogen-bond donors (Lipinski definition) is 0. The first-order valence-corrected chi connectivity index (χ1v) is 4.88. The third-order valence-electron chi connectivity index (χ3n) is 1.55. The van der Waals surface area contributed by atoms with E-state index in [0.717, 1.165) is 5.56 Å². The Morgan fingerprint density at radius 2 is 2.54 bits per heavy atom. The zero-order valence-electron chi connectivity index (χ0n) is 6.97. The summed E-state index contributed by atoms with van der Waals surface area (Å²) in [5.41, 5.74) is 1.08. The van der Waals surface area contributed by atoms with Crippen LogP contribution in [0.15, 0.2) is 35.3 Å². The molecule has 0 amide bonds. The van der Waals surface area contributed by atoms with E-state index < -0.39 is 0 Å². The highest BCUT2D eigenvalue weighted by Gasteiger charge is 1.85. The van der Waals surface area contributed by atoms with Crippen LogP contribution in [-0.4, -0.2) is 9.78 Å². The normalized spacial score (nSPS) is 9.23. The van der Waals surface area contributed by atoms with Gasteiger partial charge in [0, 0.05) is 23.3 Å². The van der Waals surface area contributed by atoms with Crippen LogP contribution in [0, 0.1) is 11.8 Å². The molecule has 13 heavy (non-hydrogen) atoms. The lowest BCUT2D eigenvalue weighted by Crippen LogP contribution is -1.94.